The fourth-order valence-electron chi connectivity index (χ4n) is 3.14. The molecule has 0 aliphatic heterocycles. The number of aryl methyl sites for hydroxylation is 1. The first kappa shape index (κ1) is 15.8. The van der Waals surface area contributed by atoms with E-state index in [1.807, 2.05) is 37.3 Å². The number of rotatable bonds is 2. The number of benzene rings is 3. The molecule has 0 aliphatic rings. The van der Waals surface area contributed by atoms with Crippen molar-refractivity contribution in [1.82, 2.24) is 9.97 Å². The van der Waals surface area contributed by atoms with Crippen molar-refractivity contribution in [2.75, 3.05) is 12.4 Å². The van der Waals surface area contributed by atoms with E-state index in [2.05, 4.69) is 21.4 Å². The first-order valence-electron chi connectivity index (χ1n) is 7.91. The monoisotopic (exact) mass is 351 g/mol. The van der Waals surface area contributed by atoms with Gasteiger partial charge in [-0.2, -0.15) is 0 Å². The molecule has 5 heteroatoms. The standard InChI is InChI=1S/C20H15ClFN3/c1-11-7-12-5-3-4-6-14(12)15(8-11)17-16(21)9-13-10-24-20(23-2)25-19(13)18(17)22/h3-10H,1-2H3,(H,23,24,25). The summed E-state index contributed by atoms with van der Waals surface area (Å²) in [4.78, 5) is 8.39. The van der Waals surface area contributed by atoms with E-state index >= 15 is 4.39 Å². The minimum Gasteiger partial charge on any atom is -0.357 e. The second-order valence-electron chi connectivity index (χ2n) is 5.96. The Balaban J connectivity index is 2.11. The molecule has 4 rings (SSSR count). The molecule has 1 heterocycles. The van der Waals surface area contributed by atoms with E-state index in [0.29, 0.717) is 21.9 Å². The number of anilines is 1. The van der Waals surface area contributed by atoms with Crippen LogP contribution in [0.3, 0.4) is 0 Å². The number of halogens is 2. The molecule has 3 aromatic carbocycles. The lowest BCUT2D eigenvalue weighted by atomic mass is 9.95. The summed E-state index contributed by atoms with van der Waals surface area (Å²) < 4.78 is 15.4. The van der Waals surface area contributed by atoms with Crippen molar-refractivity contribution >= 4 is 39.2 Å². The van der Waals surface area contributed by atoms with Crippen LogP contribution in [0, 0.1) is 12.7 Å². The first-order chi connectivity index (χ1) is 12.1. The lowest BCUT2D eigenvalue weighted by molar-refractivity contribution is 0.640. The third kappa shape index (κ3) is 2.59. The van der Waals surface area contributed by atoms with Crippen molar-refractivity contribution in [2.45, 2.75) is 6.92 Å². The minimum absolute atomic E-state index is 0.254. The highest BCUT2D eigenvalue weighted by molar-refractivity contribution is 6.34. The number of aromatic nitrogens is 2. The fraction of sp³-hybridized carbons (Fsp3) is 0.100. The Morgan fingerprint density at radius 2 is 1.88 bits per heavy atom. The highest BCUT2D eigenvalue weighted by Gasteiger charge is 2.18. The Morgan fingerprint density at radius 3 is 2.68 bits per heavy atom. The summed E-state index contributed by atoms with van der Waals surface area (Å²) in [6.45, 7) is 1.99. The third-order valence-corrected chi connectivity index (χ3v) is 4.56. The average Bonchev–Trinajstić information content (AvgIpc) is 2.61. The van der Waals surface area contributed by atoms with E-state index in [-0.39, 0.29) is 5.52 Å². The molecule has 124 valence electrons. The number of hydrogen-bond donors (Lipinski definition) is 1. The van der Waals surface area contributed by atoms with Crippen LogP contribution in [-0.4, -0.2) is 17.0 Å². The predicted octanol–water partition coefficient (Wildman–Crippen LogP) is 5.59. The molecule has 0 radical (unpaired) electrons. The zero-order valence-electron chi connectivity index (χ0n) is 13.8. The Bertz CT molecular complexity index is 1120. The molecule has 0 amide bonds. The molecule has 0 spiro atoms. The minimum atomic E-state index is -0.433. The summed E-state index contributed by atoms with van der Waals surface area (Å²) in [5.74, 6) is -0.0640. The van der Waals surface area contributed by atoms with Gasteiger partial charge in [0.25, 0.3) is 0 Å². The predicted molar refractivity (Wildman–Crippen MR) is 102 cm³/mol. The first-order valence-corrected chi connectivity index (χ1v) is 8.28. The lowest BCUT2D eigenvalue weighted by Gasteiger charge is -2.13. The second kappa shape index (κ2) is 5.97. The van der Waals surface area contributed by atoms with E-state index in [0.717, 1.165) is 21.9 Å². The van der Waals surface area contributed by atoms with Gasteiger partial charge in [-0.1, -0.05) is 48.0 Å². The van der Waals surface area contributed by atoms with Gasteiger partial charge in [0.2, 0.25) is 5.95 Å². The van der Waals surface area contributed by atoms with Gasteiger partial charge in [-0.3, -0.25) is 0 Å². The SMILES string of the molecule is CNc1ncc2cc(Cl)c(-c3cc(C)cc4ccccc34)c(F)c2n1. The van der Waals surface area contributed by atoms with Gasteiger partial charge in [0.05, 0.1) is 5.02 Å². The fourth-order valence-corrected chi connectivity index (χ4v) is 3.44. The van der Waals surface area contributed by atoms with Crippen LogP contribution in [-0.2, 0) is 0 Å². The van der Waals surface area contributed by atoms with Gasteiger partial charge in [0, 0.05) is 24.2 Å². The van der Waals surface area contributed by atoms with Crippen LogP contribution in [0.1, 0.15) is 5.56 Å². The van der Waals surface area contributed by atoms with Crippen molar-refractivity contribution in [1.29, 1.82) is 0 Å². The normalized spacial score (nSPS) is 11.2. The molecule has 4 aromatic rings. The van der Waals surface area contributed by atoms with E-state index in [9.17, 15) is 0 Å². The van der Waals surface area contributed by atoms with Crippen LogP contribution in [0.5, 0.6) is 0 Å². The van der Waals surface area contributed by atoms with Crippen LogP contribution >= 0.6 is 11.6 Å². The smallest absolute Gasteiger partial charge is 0.223 e. The van der Waals surface area contributed by atoms with Gasteiger partial charge in [0.1, 0.15) is 5.52 Å². The Hall–Kier alpha value is -2.72. The second-order valence-corrected chi connectivity index (χ2v) is 6.37. The van der Waals surface area contributed by atoms with E-state index in [1.165, 1.54) is 0 Å². The Labute approximate surface area is 149 Å². The maximum absolute atomic E-state index is 15.4. The quantitative estimate of drug-likeness (QED) is 0.511. The molecule has 0 bridgehead atoms. The van der Waals surface area contributed by atoms with Crippen molar-refractivity contribution in [3.63, 3.8) is 0 Å². The van der Waals surface area contributed by atoms with Gasteiger partial charge in [-0.25, -0.2) is 14.4 Å². The molecule has 0 saturated heterocycles. The molecule has 0 aliphatic carbocycles. The average molecular weight is 352 g/mol. The van der Waals surface area contributed by atoms with Gasteiger partial charge in [-0.15, -0.1) is 0 Å². The Kier molecular flexibility index (Phi) is 3.77. The van der Waals surface area contributed by atoms with Crippen molar-refractivity contribution in [3.05, 3.63) is 65.1 Å². The molecule has 0 saturated carbocycles. The zero-order chi connectivity index (χ0) is 17.6. The maximum atomic E-state index is 15.4. The van der Waals surface area contributed by atoms with Crippen molar-refractivity contribution in [2.24, 2.45) is 0 Å². The van der Waals surface area contributed by atoms with Gasteiger partial charge >= 0.3 is 0 Å². The number of nitrogens with one attached hydrogen (secondary N) is 1. The van der Waals surface area contributed by atoms with E-state index < -0.39 is 5.82 Å². The molecule has 0 atom stereocenters. The molecule has 25 heavy (non-hydrogen) atoms. The molecule has 0 unspecified atom stereocenters. The summed E-state index contributed by atoms with van der Waals surface area (Å²) in [6.07, 6.45) is 1.57. The summed E-state index contributed by atoms with van der Waals surface area (Å²) >= 11 is 6.46. The molecule has 3 nitrogen and oxygen atoms in total. The maximum Gasteiger partial charge on any atom is 0.223 e. The van der Waals surface area contributed by atoms with Crippen molar-refractivity contribution in [3.8, 4) is 11.1 Å². The van der Waals surface area contributed by atoms with Gasteiger partial charge in [-0.05, 0) is 34.9 Å². The topological polar surface area (TPSA) is 37.8 Å². The zero-order valence-corrected chi connectivity index (χ0v) is 14.5. The lowest BCUT2D eigenvalue weighted by Crippen LogP contribution is -1.99. The third-order valence-electron chi connectivity index (χ3n) is 4.26. The molecular formula is C20H15ClFN3. The molecule has 1 aromatic heterocycles. The van der Waals surface area contributed by atoms with Gasteiger partial charge in [0.15, 0.2) is 5.82 Å². The number of hydrogen-bond acceptors (Lipinski definition) is 3. The van der Waals surface area contributed by atoms with Crippen LogP contribution in [0.25, 0.3) is 32.8 Å². The summed E-state index contributed by atoms with van der Waals surface area (Å²) in [7, 11) is 1.70. The van der Waals surface area contributed by atoms with Gasteiger partial charge < -0.3 is 5.32 Å². The molecule has 1 N–H and O–H groups in total. The highest BCUT2D eigenvalue weighted by atomic mass is 35.5. The van der Waals surface area contributed by atoms with Crippen LogP contribution in [0.15, 0.2) is 48.7 Å². The molecule has 0 fully saturated rings. The van der Waals surface area contributed by atoms with Crippen LogP contribution in [0.2, 0.25) is 5.02 Å². The summed E-state index contributed by atoms with van der Waals surface area (Å²) in [5.41, 5.74) is 2.44. The van der Waals surface area contributed by atoms with Crippen LogP contribution in [0.4, 0.5) is 10.3 Å². The van der Waals surface area contributed by atoms with Crippen molar-refractivity contribution < 1.29 is 4.39 Å². The molecular weight excluding hydrogens is 337 g/mol. The van der Waals surface area contributed by atoms with E-state index in [1.54, 1.807) is 19.3 Å². The largest absolute Gasteiger partial charge is 0.357 e. The van der Waals surface area contributed by atoms with Crippen LogP contribution < -0.4 is 5.32 Å². The highest BCUT2D eigenvalue weighted by Crippen LogP contribution is 2.39. The van der Waals surface area contributed by atoms with E-state index in [4.69, 9.17) is 11.6 Å². The summed E-state index contributed by atoms with van der Waals surface area (Å²) in [6, 6.07) is 13.6. The Morgan fingerprint density at radius 1 is 1.08 bits per heavy atom. The number of fused-ring (bicyclic) bond motifs is 2. The summed E-state index contributed by atoms with van der Waals surface area (Å²) in [5, 5.41) is 5.76. The number of nitrogens with zero attached hydrogens (tertiary/aromatic N) is 2.